The van der Waals surface area contributed by atoms with Crippen LogP contribution >= 0.6 is 0 Å². The fraction of sp³-hybridized carbons (Fsp3) is 0.176. The van der Waals surface area contributed by atoms with Crippen molar-refractivity contribution in [2.45, 2.75) is 0 Å². The summed E-state index contributed by atoms with van der Waals surface area (Å²) in [6.45, 7) is 0. The predicted molar refractivity (Wildman–Crippen MR) is 86.5 cm³/mol. The molecular formula is C17H16O8. The molecule has 0 bridgehead atoms. The topological polar surface area (TPSA) is 112 Å². The summed E-state index contributed by atoms with van der Waals surface area (Å²) in [4.78, 5) is 22.3. The molecular weight excluding hydrogens is 332 g/mol. The van der Waals surface area contributed by atoms with Gasteiger partial charge in [-0.25, -0.2) is 9.59 Å². The molecule has 0 amide bonds. The van der Waals surface area contributed by atoms with Crippen LogP contribution < -0.4 is 18.9 Å². The summed E-state index contributed by atoms with van der Waals surface area (Å²) in [5, 5.41) is 18.3. The molecule has 2 rings (SSSR count). The van der Waals surface area contributed by atoms with Crippen LogP contribution in [-0.4, -0.2) is 43.5 Å². The third-order valence-electron chi connectivity index (χ3n) is 3.32. The zero-order valence-electron chi connectivity index (χ0n) is 13.7. The van der Waals surface area contributed by atoms with Crippen LogP contribution in [0.1, 0.15) is 20.7 Å². The Morgan fingerprint density at radius 1 is 0.720 bits per heavy atom. The van der Waals surface area contributed by atoms with E-state index in [9.17, 15) is 14.7 Å². The highest BCUT2D eigenvalue weighted by atomic mass is 16.5. The van der Waals surface area contributed by atoms with E-state index in [1.165, 1.54) is 51.7 Å². The third kappa shape index (κ3) is 3.74. The van der Waals surface area contributed by atoms with E-state index in [4.69, 9.17) is 24.1 Å². The maximum Gasteiger partial charge on any atom is 0.335 e. The first kappa shape index (κ1) is 17.9. The second kappa shape index (κ2) is 7.43. The molecule has 0 aromatic heterocycles. The first-order valence-corrected chi connectivity index (χ1v) is 6.99. The molecule has 0 spiro atoms. The summed E-state index contributed by atoms with van der Waals surface area (Å²) in [5.41, 5.74) is -0.0400. The second-order valence-electron chi connectivity index (χ2n) is 4.79. The van der Waals surface area contributed by atoms with E-state index < -0.39 is 11.9 Å². The molecule has 0 aliphatic carbocycles. The monoisotopic (exact) mass is 348 g/mol. The van der Waals surface area contributed by atoms with Crippen LogP contribution in [0.5, 0.6) is 28.7 Å². The number of ether oxygens (including phenoxy) is 4. The van der Waals surface area contributed by atoms with Crippen molar-refractivity contribution in [3.63, 3.8) is 0 Å². The van der Waals surface area contributed by atoms with Gasteiger partial charge in [0.15, 0.2) is 23.0 Å². The van der Waals surface area contributed by atoms with Gasteiger partial charge in [0.2, 0.25) is 5.75 Å². The lowest BCUT2D eigenvalue weighted by Crippen LogP contribution is -2.02. The number of benzene rings is 2. The van der Waals surface area contributed by atoms with Crippen molar-refractivity contribution in [2.75, 3.05) is 21.3 Å². The summed E-state index contributed by atoms with van der Waals surface area (Å²) in [7, 11) is 4.12. The molecule has 8 nitrogen and oxygen atoms in total. The summed E-state index contributed by atoms with van der Waals surface area (Å²) < 4.78 is 21.2. The molecule has 2 N–H and O–H groups in total. The number of hydrogen-bond donors (Lipinski definition) is 2. The highest BCUT2D eigenvalue weighted by Gasteiger charge is 2.19. The van der Waals surface area contributed by atoms with Gasteiger partial charge in [0.1, 0.15) is 0 Å². The van der Waals surface area contributed by atoms with Gasteiger partial charge >= 0.3 is 11.9 Å². The average Bonchev–Trinajstić information content (AvgIpc) is 2.60. The van der Waals surface area contributed by atoms with Gasteiger partial charge in [-0.1, -0.05) is 0 Å². The van der Waals surface area contributed by atoms with E-state index in [1.807, 2.05) is 0 Å². The Bertz CT molecular complexity index is 813. The number of methoxy groups -OCH3 is 3. The minimum atomic E-state index is -1.17. The zero-order valence-corrected chi connectivity index (χ0v) is 13.7. The highest BCUT2D eigenvalue weighted by Crippen LogP contribution is 2.42. The first-order valence-electron chi connectivity index (χ1n) is 6.99. The van der Waals surface area contributed by atoms with Crippen LogP contribution in [0.2, 0.25) is 0 Å². The molecule has 25 heavy (non-hydrogen) atoms. The molecule has 132 valence electrons. The van der Waals surface area contributed by atoms with Gasteiger partial charge in [-0.3, -0.25) is 0 Å². The van der Waals surface area contributed by atoms with Crippen molar-refractivity contribution in [2.24, 2.45) is 0 Å². The SMILES string of the molecule is COc1cc(C(=O)O)ccc1Oc1cc(C(=O)O)cc(OC)c1OC. The number of rotatable bonds is 7. The molecule has 2 aromatic carbocycles. The lowest BCUT2D eigenvalue weighted by molar-refractivity contribution is 0.0685. The van der Waals surface area contributed by atoms with Gasteiger partial charge in [0.25, 0.3) is 0 Å². The zero-order chi connectivity index (χ0) is 18.6. The Kier molecular flexibility index (Phi) is 5.33. The van der Waals surface area contributed by atoms with E-state index in [0.717, 1.165) is 0 Å². The van der Waals surface area contributed by atoms with Gasteiger partial charge in [0.05, 0.1) is 32.5 Å². The Morgan fingerprint density at radius 2 is 1.28 bits per heavy atom. The standard InChI is InChI=1S/C17H16O8/c1-22-12-6-9(16(18)19)4-5-11(12)25-14-8-10(17(20)21)7-13(23-2)15(14)24-3/h4-8H,1-3H3,(H,18,19)(H,20,21). The molecule has 0 aliphatic heterocycles. The Balaban J connectivity index is 2.54. The van der Waals surface area contributed by atoms with Crippen molar-refractivity contribution < 1.29 is 38.7 Å². The van der Waals surface area contributed by atoms with E-state index in [1.54, 1.807) is 0 Å². The summed E-state index contributed by atoms with van der Waals surface area (Å²) in [6.07, 6.45) is 0. The maximum atomic E-state index is 11.3. The van der Waals surface area contributed by atoms with Gasteiger partial charge in [0, 0.05) is 0 Å². The summed E-state index contributed by atoms with van der Waals surface area (Å²) in [5.74, 6) is -1.47. The van der Waals surface area contributed by atoms with E-state index in [-0.39, 0.29) is 39.9 Å². The van der Waals surface area contributed by atoms with Crippen LogP contribution in [-0.2, 0) is 0 Å². The first-order chi connectivity index (χ1) is 11.9. The highest BCUT2D eigenvalue weighted by molar-refractivity contribution is 5.90. The average molecular weight is 348 g/mol. The van der Waals surface area contributed by atoms with Gasteiger partial charge in [-0.05, 0) is 30.3 Å². The lowest BCUT2D eigenvalue weighted by atomic mass is 10.1. The minimum absolute atomic E-state index is 0.0213. The van der Waals surface area contributed by atoms with Crippen molar-refractivity contribution in [3.8, 4) is 28.7 Å². The quantitative estimate of drug-likeness (QED) is 0.785. The van der Waals surface area contributed by atoms with Crippen LogP contribution in [0.15, 0.2) is 30.3 Å². The predicted octanol–water partition coefficient (Wildman–Crippen LogP) is 2.90. The Labute approximate surface area is 143 Å². The molecule has 0 heterocycles. The summed E-state index contributed by atoms with van der Waals surface area (Å²) in [6, 6.07) is 6.61. The Hall–Kier alpha value is -3.42. The molecule has 2 aromatic rings. The molecule has 0 saturated heterocycles. The van der Waals surface area contributed by atoms with Crippen molar-refractivity contribution in [1.29, 1.82) is 0 Å². The maximum absolute atomic E-state index is 11.3. The molecule has 0 unspecified atom stereocenters. The largest absolute Gasteiger partial charge is 0.493 e. The van der Waals surface area contributed by atoms with Crippen LogP contribution in [0, 0.1) is 0 Å². The van der Waals surface area contributed by atoms with Crippen molar-refractivity contribution in [1.82, 2.24) is 0 Å². The smallest absolute Gasteiger partial charge is 0.335 e. The fourth-order valence-corrected chi connectivity index (χ4v) is 2.13. The van der Waals surface area contributed by atoms with Gasteiger partial charge < -0.3 is 29.2 Å². The molecule has 8 heteroatoms. The van der Waals surface area contributed by atoms with Gasteiger partial charge in [-0.15, -0.1) is 0 Å². The number of carboxylic acid groups (broad SMARTS) is 2. The lowest BCUT2D eigenvalue weighted by Gasteiger charge is -2.16. The number of aromatic carboxylic acids is 2. The van der Waals surface area contributed by atoms with Gasteiger partial charge in [-0.2, -0.15) is 0 Å². The van der Waals surface area contributed by atoms with Crippen molar-refractivity contribution in [3.05, 3.63) is 41.5 Å². The molecule has 0 fully saturated rings. The summed E-state index contributed by atoms with van der Waals surface area (Å²) >= 11 is 0. The van der Waals surface area contributed by atoms with Crippen LogP contribution in [0.4, 0.5) is 0 Å². The fourth-order valence-electron chi connectivity index (χ4n) is 2.13. The molecule has 0 radical (unpaired) electrons. The van der Waals surface area contributed by atoms with E-state index in [0.29, 0.717) is 0 Å². The van der Waals surface area contributed by atoms with Crippen LogP contribution in [0.3, 0.4) is 0 Å². The minimum Gasteiger partial charge on any atom is -0.493 e. The molecule has 0 aliphatic rings. The third-order valence-corrected chi connectivity index (χ3v) is 3.32. The van der Waals surface area contributed by atoms with E-state index >= 15 is 0 Å². The van der Waals surface area contributed by atoms with Crippen molar-refractivity contribution >= 4 is 11.9 Å². The second-order valence-corrected chi connectivity index (χ2v) is 4.79. The van der Waals surface area contributed by atoms with Crippen LogP contribution in [0.25, 0.3) is 0 Å². The number of hydrogen-bond acceptors (Lipinski definition) is 6. The number of carboxylic acids is 2. The molecule has 0 saturated carbocycles. The normalized spacial score (nSPS) is 10.0. The Morgan fingerprint density at radius 3 is 1.80 bits per heavy atom. The number of carbonyl (C=O) groups is 2. The van der Waals surface area contributed by atoms with E-state index in [2.05, 4.69) is 0 Å². The molecule has 0 atom stereocenters.